The minimum atomic E-state index is -4.94. The summed E-state index contributed by atoms with van der Waals surface area (Å²) in [5.74, 6) is -2.30. The third-order valence-corrected chi connectivity index (χ3v) is 3.38. The van der Waals surface area contributed by atoms with Crippen molar-refractivity contribution in [3.63, 3.8) is 0 Å². The molecular formula is C16H17F3N2O3. The van der Waals surface area contributed by atoms with Crippen molar-refractivity contribution in [2.45, 2.75) is 25.6 Å². The number of rotatable bonds is 4. The maximum atomic E-state index is 12.2. The molecule has 0 spiro atoms. The molecule has 1 fully saturated rings. The van der Waals surface area contributed by atoms with Gasteiger partial charge >= 0.3 is 12.1 Å². The molecule has 24 heavy (non-hydrogen) atoms. The molecule has 1 aliphatic heterocycles. The van der Waals surface area contributed by atoms with Gasteiger partial charge in [-0.15, -0.1) is 0 Å². The number of carbonyl (C=O) groups is 2. The molecule has 0 atom stereocenters. The number of alkyl halides is 3. The Labute approximate surface area is 136 Å². The number of carbonyl (C=O) groups excluding carboxylic acids is 2. The normalized spacial score (nSPS) is 14.9. The van der Waals surface area contributed by atoms with Crippen molar-refractivity contribution in [1.82, 2.24) is 5.32 Å². The van der Waals surface area contributed by atoms with Crippen LogP contribution in [0.5, 0.6) is 0 Å². The van der Waals surface area contributed by atoms with Crippen LogP contribution in [0.15, 0.2) is 35.9 Å². The second kappa shape index (κ2) is 7.96. The topological polar surface area (TPSA) is 67.4 Å². The fraction of sp³-hybridized carbons (Fsp3) is 0.375. The third kappa shape index (κ3) is 5.69. The van der Waals surface area contributed by atoms with Crippen LogP contribution in [-0.2, 0) is 20.9 Å². The lowest BCUT2D eigenvalue weighted by molar-refractivity contribution is -0.167. The zero-order valence-electron chi connectivity index (χ0n) is 12.8. The summed E-state index contributed by atoms with van der Waals surface area (Å²) in [5, 5.41) is 4.44. The molecule has 1 aliphatic rings. The number of benzene rings is 1. The van der Waals surface area contributed by atoms with Crippen molar-refractivity contribution in [2.24, 2.45) is 0 Å². The van der Waals surface area contributed by atoms with Gasteiger partial charge < -0.3 is 15.4 Å². The second-order valence-electron chi connectivity index (χ2n) is 5.29. The molecule has 2 N–H and O–H groups in total. The van der Waals surface area contributed by atoms with Gasteiger partial charge in [-0.2, -0.15) is 13.2 Å². The number of halogens is 3. The van der Waals surface area contributed by atoms with Crippen LogP contribution in [0, 0.1) is 0 Å². The van der Waals surface area contributed by atoms with E-state index in [0.29, 0.717) is 31.6 Å². The third-order valence-electron chi connectivity index (χ3n) is 3.38. The lowest BCUT2D eigenvalue weighted by Gasteiger charge is -2.14. The highest BCUT2D eigenvalue weighted by Crippen LogP contribution is 2.19. The molecule has 0 saturated carbocycles. The lowest BCUT2D eigenvalue weighted by atomic mass is 10.1. The van der Waals surface area contributed by atoms with Crippen molar-refractivity contribution >= 4 is 17.5 Å². The molecule has 0 radical (unpaired) electrons. The van der Waals surface area contributed by atoms with Gasteiger partial charge in [-0.3, -0.25) is 9.59 Å². The van der Waals surface area contributed by atoms with E-state index in [1.54, 1.807) is 11.4 Å². The summed E-state index contributed by atoms with van der Waals surface area (Å²) in [7, 11) is 0. The molecule has 8 heteroatoms. The first-order valence-corrected chi connectivity index (χ1v) is 7.37. The van der Waals surface area contributed by atoms with E-state index in [2.05, 4.69) is 5.32 Å². The van der Waals surface area contributed by atoms with Gasteiger partial charge in [0.15, 0.2) is 0 Å². The molecule has 2 amide bonds. The Kier molecular flexibility index (Phi) is 5.97. The molecule has 0 unspecified atom stereocenters. The van der Waals surface area contributed by atoms with Crippen LogP contribution in [0.4, 0.5) is 18.9 Å². The maximum absolute atomic E-state index is 12.2. The zero-order valence-corrected chi connectivity index (χ0v) is 12.8. The molecule has 1 saturated heterocycles. The molecular weight excluding hydrogens is 325 g/mol. The Morgan fingerprint density at radius 3 is 2.58 bits per heavy atom. The van der Waals surface area contributed by atoms with Gasteiger partial charge in [0.1, 0.15) is 0 Å². The number of hydrogen-bond donors (Lipinski definition) is 2. The van der Waals surface area contributed by atoms with Gasteiger partial charge in [-0.25, -0.2) is 0 Å². The van der Waals surface area contributed by atoms with Crippen LogP contribution in [0.25, 0.3) is 0 Å². The van der Waals surface area contributed by atoms with Crippen LogP contribution in [-0.4, -0.2) is 31.2 Å². The first-order valence-electron chi connectivity index (χ1n) is 7.37. The van der Waals surface area contributed by atoms with Gasteiger partial charge in [0.05, 0.1) is 13.2 Å². The molecule has 1 aromatic carbocycles. The summed E-state index contributed by atoms with van der Waals surface area (Å²) < 4.78 is 41.9. The number of ether oxygens (including phenoxy) is 1. The van der Waals surface area contributed by atoms with Gasteiger partial charge in [0.25, 0.3) is 0 Å². The molecule has 5 nitrogen and oxygen atoms in total. The van der Waals surface area contributed by atoms with Crippen molar-refractivity contribution in [1.29, 1.82) is 0 Å². The molecule has 0 bridgehead atoms. The van der Waals surface area contributed by atoms with E-state index in [0.717, 1.165) is 5.57 Å². The van der Waals surface area contributed by atoms with Crippen molar-refractivity contribution in [3.05, 3.63) is 41.5 Å². The van der Waals surface area contributed by atoms with Gasteiger partial charge in [-0.1, -0.05) is 17.7 Å². The Morgan fingerprint density at radius 1 is 1.21 bits per heavy atom. The minimum Gasteiger partial charge on any atom is -0.381 e. The highest BCUT2D eigenvalue weighted by atomic mass is 19.4. The summed E-state index contributed by atoms with van der Waals surface area (Å²) in [6.07, 6.45) is -1.99. The van der Waals surface area contributed by atoms with Crippen LogP contribution in [0.1, 0.15) is 18.4 Å². The monoisotopic (exact) mass is 342 g/mol. The van der Waals surface area contributed by atoms with E-state index < -0.39 is 12.1 Å². The van der Waals surface area contributed by atoms with Gasteiger partial charge in [0.2, 0.25) is 5.91 Å². The fourth-order valence-corrected chi connectivity index (χ4v) is 2.16. The molecule has 1 heterocycles. The summed E-state index contributed by atoms with van der Waals surface area (Å²) in [5.41, 5.74) is 1.60. The molecule has 1 aromatic rings. The SMILES string of the molecule is O=C(C=C1CCOCC1)NCc1cccc(NC(=O)C(F)(F)F)c1. The Morgan fingerprint density at radius 2 is 1.92 bits per heavy atom. The summed E-state index contributed by atoms with van der Waals surface area (Å²) in [4.78, 5) is 22.7. The number of anilines is 1. The largest absolute Gasteiger partial charge is 0.471 e. The van der Waals surface area contributed by atoms with E-state index >= 15 is 0 Å². The fourth-order valence-electron chi connectivity index (χ4n) is 2.16. The van der Waals surface area contributed by atoms with Gasteiger partial charge in [0, 0.05) is 18.3 Å². The Balaban J connectivity index is 1.90. The van der Waals surface area contributed by atoms with Gasteiger partial charge in [-0.05, 0) is 30.5 Å². The first kappa shape index (κ1) is 18.0. The Bertz CT molecular complexity index is 634. The quantitative estimate of drug-likeness (QED) is 0.827. The lowest BCUT2D eigenvalue weighted by Crippen LogP contribution is -2.30. The highest BCUT2D eigenvalue weighted by molar-refractivity contribution is 5.95. The number of nitrogens with one attached hydrogen (secondary N) is 2. The average Bonchev–Trinajstić information content (AvgIpc) is 2.53. The Hall–Kier alpha value is -2.35. The second-order valence-corrected chi connectivity index (χ2v) is 5.29. The summed E-state index contributed by atoms with van der Waals surface area (Å²) in [6, 6.07) is 5.88. The summed E-state index contributed by atoms with van der Waals surface area (Å²) >= 11 is 0. The molecule has 0 aliphatic carbocycles. The molecule has 0 aromatic heterocycles. The van der Waals surface area contributed by atoms with E-state index in [4.69, 9.17) is 4.74 Å². The molecule has 130 valence electrons. The minimum absolute atomic E-state index is 0.0202. The van der Waals surface area contributed by atoms with E-state index in [9.17, 15) is 22.8 Å². The molecule has 2 rings (SSSR count). The standard InChI is InChI=1S/C16H17F3N2O3/c17-16(18,19)15(23)21-13-3-1-2-12(8-13)10-20-14(22)9-11-4-6-24-7-5-11/h1-3,8-9H,4-7,10H2,(H,20,22)(H,21,23). The zero-order chi connectivity index (χ0) is 17.6. The predicted octanol–water partition coefficient (Wildman–Crippen LogP) is 2.54. The number of amides is 2. The average molecular weight is 342 g/mol. The van der Waals surface area contributed by atoms with E-state index in [-0.39, 0.29) is 18.1 Å². The number of hydrogen-bond acceptors (Lipinski definition) is 3. The maximum Gasteiger partial charge on any atom is 0.471 e. The van der Waals surface area contributed by atoms with Crippen LogP contribution in [0.3, 0.4) is 0 Å². The van der Waals surface area contributed by atoms with Crippen LogP contribution in [0.2, 0.25) is 0 Å². The first-order chi connectivity index (χ1) is 11.3. The van der Waals surface area contributed by atoms with Crippen molar-refractivity contribution < 1.29 is 27.5 Å². The van der Waals surface area contributed by atoms with Crippen LogP contribution < -0.4 is 10.6 Å². The highest BCUT2D eigenvalue weighted by Gasteiger charge is 2.38. The van der Waals surface area contributed by atoms with Crippen molar-refractivity contribution in [3.8, 4) is 0 Å². The predicted molar refractivity (Wildman–Crippen MR) is 81.1 cm³/mol. The van der Waals surface area contributed by atoms with Crippen LogP contribution >= 0.6 is 0 Å². The summed E-state index contributed by atoms with van der Waals surface area (Å²) in [6.45, 7) is 1.34. The van der Waals surface area contributed by atoms with E-state index in [1.807, 2.05) is 0 Å². The van der Waals surface area contributed by atoms with E-state index in [1.165, 1.54) is 24.3 Å². The smallest absolute Gasteiger partial charge is 0.381 e. The van der Waals surface area contributed by atoms with Crippen molar-refractivity contribution in [2.75, 3.05) is 18.5 Å².